The molecule has 3 heterocycles. The van der Waals surface area contributed by atoms with Gasteiger partial charge in [-0.3, -0.25) is 4.79 Å². The third-order valence-electron chi connectivity index (χ3n) is 6.66. The van der Waals surface area contributed by atoms with Crippen LogP contribution in [-0.4, -0.2) is 57.1 Å². The first kappa shape index (κ1) is 20.4. The molecule has 4 atom stereocenters. The number of esters is 1. The SMILES string of the molecule is COC(=O)C1=C(CN2Cc3cc(O)c4ccccc4c3S2)C(C)C2C(C(C)O)C(=O)N12. The van der Waals surface area contributed by atoms with E-state index >= 15 is 0 Å². The lowest BCUT2D eigenvalue weighted by atomic mass is 9.78. The quantitative estimate of drug-likeness (QED) is 0.429. The maximum absolute atomic E-state index is 12.7. The van der Waals surface area contributed by atoms with Crippen molar-refractivity contribution >= 4 is 34.6 Å². The van der Waals surface area contributed by atoms with Gasteiger partial charge in [-0.1, -0.05) is 31.2 Å². The molecule has 0 aromatic heterocycles. The van der Waals surface area contributed by atoms with Gasteiger partial charge in [0.1, 0.15) is 11.4 Å². The number of ether oxygens (including phenoxy) is 1. The molecule has 0 radical (unpaired) electrons. The molecule has 1 fully saturated rings. The first-order chi connectivity index (χ1) is 14.8. The number of carbonyl (C=O) groups is 2. The third kappa shape index (κ3) is 2.89. The molecule has 1 saturated heterocycles. The number of amides is 1. The van der Waals surface area contributed by atoms with Crippen LogP contribution in [-0.2, 0) is 20.9 Å². The van der Waals surface area contributed by atoms with Gasteiger partial charge in [0.15, 0.2) is 0 Å². The number of nitrogens with zero attached hydrogens (tertiary/aromatic N) is 2. The van der Waals surface area contributed by atoms with Crippen LogP contribution in [0.5, 0.6) is 5.75 Å². The predicted molar refractivity (Wildman–Crippen MR) is 116 cm³/mol. The average Bonchev–Trinajstić information content (AvgIpc) is 3.25. The van der Waals surface area contributed by atoms with E-state index in [1.54, 1.807) is 24.9 Å². The number of fused-ring (bicyclic) bond motifs is 4. The molecule has 2 aromatic rings. The van der Waals surface area contributed by atoms with Gasteiger partial charge in [0.05, 0.1) is 25.2 Å². The summed E-state index contributed by atoms with van der Waals surface area (Å²) in [6, 6.07) is 9.33. The van der Waals surface area contributed by atoms with E-state index in [4.69, 9.17) is 4.74 Å². The maximum atomic E-state index is 12.7. The molecular formula is C23H24N2O5S. The highest BCUT2D eigenvalue weighted by atomic mass is 32.2. The summed E-state index contributed by atoms with van der Waals surface area (Å²) in [5, 5.41) is 22.3. The lowest BCUT2D eigenvalue weighted by Gasteiger charge is -2.46. The number of hydrogen-bond acceptors (Lipinski definition) is 7. The highest BCUT2D eigenvalue weighted by Gasteiger charge is 2.60. The van der Waals surface area contributed by atoms with Crippen LogP contribution >= 0.6 is 11.9 Å². The minimum absolute atomic E-state index is 0.0686. The second kappa shape index (κ2) is 7.25. The molecule has 0 aliphatic carbocycles. The second-order valence-corrected chi connectivity index (χ2v) is 9.55. The van der Waals surface area contributed by atoms with E-state index in [-0.39, 0.29) is 23.6 Å². The molecule has 31 heavy (non-hydrogen) atoms. The molecule has 2 aromatic carbocycles. The summed E-state index contributed by atoms with van der Waals surface area (Å²) >= 11 is 1.60. The van der Waals surface area contributed by atoms with Gasteiger partial charge in [-0.05, 0) is 36.1 Å². The summed E-state index contributed by atoms with van der Waals surface area (Å²) in [7, 11) is 1.32. The minimum atomic E-state index is -0.769. The molecule has 0 bridgehead atoms. The minimum Gasteiger partial charge on any atom is -0.507 e. The highest BCUT2D eigenvalue weighted by Crippen LogP contribution is 2.50. The standard InChI is InChI=1S/C23H24N2O5S/c1-11-16(20(23(29)30-3)25-19(11)18(12(2)26)22(25)28)10-24-9-13-8-17(27)14-6-4-5-7-15(14)21(13)31-24/h4-8,11-12,18-19,26-27H,9-10H2,1-3H3. The number of phenolic OH excluding ortho intramolecular Hbond substituents is 1. The van der Waals surface area contributed by atoms with Crippen LogP contribution in [0, 0.1) is 11.8 Å². The number of carbonyl (C=O) groups excluding carboxylic acids is 2. The van der Waals surface area contributed by atoms with Crippen molar-refractivity contribution in [1.82, 2.24) is 9.21 Å². The number of aliphatic hydroxyl groups excluding tert-OH is 1. The van der Waals surface area contributed by atoms with Crippen molar-refractivity contribution in [3.05, 3.63) is 47.2 Å². The van der Waals surface area contributed by atoms with Gasteiger partial charge in [0.2, 0.25) is 5.91 Å². The van der Waals surface area contributed by atoms with Crippen molar-refractivity contribution in [3.8, 4) is 5.75 Å². The number of aliphatic hydroxyl groups is 1. The number of benzene rings is 2. The average molecular weight is 441 g/mol. The number of rotatable bonds is 4. The van der Waals surface area contributed by atoms with Gasteiger partial charge >= 0.3 is 5.97 Å². The van der Waals surface area contributed by atoms with Gasteiger partial charge in [0, 0.05) is 34.7 Å². The lowest BCUT2D eigenvalue weighted by molar-refractivity contribution is -0.163. The largest absolute Gasteiger partial charge is 0.507 e. The lowest BCUT2D eigenvalue weighted by Crippen LogP contribution is -2.63. The summed E-state index contributed by atoms with van der Waals surface area (Å²) in [6.45, 7) is 4.71. The van der Waals surface area contributed by atoms with E-state index in [9.17, 15) is 19.8 Å². The van der Waals surface area contributed by atoms with Crippen LogP contribution in [0.2, 0.25) is 0 Å². The third-order valence-corrected chi connectivity index (χ3v) is 7.84. The summed E-state index contributed by atoms with van der Waals surface area (Å²) in [6.07, 6.45) is -0.769. The number of β-lactam (4-membered cyclic amide) rings is 1. The Kier molecular flexibility index (Phi) is 4.76. The van der Waals surface area contributed by atoms with Crippen molar-refractivity contribution < 1.29 is 24.5 Å². The molecule has 5 rings (SSSR count). The summed E-state index contributed by atoms with van der Waals surface area (Å²) in [5.74, 6) is -1.06. The van der Waals surface area contributed by atoms with Crippen molar-refractivity contribution in [2.24, 2.45) is 11.8 Å². The molecule has 7 nitrogen and oxygen atoms in total. The Bertz CT molecular complexity index is 1140. The number of phenols is 1. The van der Waals surface area contributed by atoms with Gasteiger partial charge < -0.3 is 19.8 Å². The Hall–Kier alpha value is -2.55. The van der Waals surface area contributed by atoms with Crippen LogP contribution in [0.4, 0.5) is 0 Å². The monoisotopic (exact) mass is 440 g/mol. The Morgan fingerprint density at radius 2 is 2.03 bits per heavy atom. The van der Waals surface area contributed by atoms with Crippen LogP contribution in [0.25, 0.3) is 10.8 Å². The molecule has 1 amide bonds. The van der Waals surface area contributed by atoms with Gasteiger partial charge in [-0.15, -0.1) is 0 Å². The smallest absolute Gasteiger partial charge is 0.354 e. The molecule has 4 unspecified atom stereocenters. The summed E-state index contributed by atoms with van der Waals surface area (Å²) < 4.78 is 7.14. The fourth-order valence-electron chi connectivity index (χ4n) is 5.18. The first-order valence-corrected chi connectivity index (χ1v) is 11.1. The fraction of sp³-hybridized carbons (Fsp3) is 0.391. The highest BCUT2D eigenvalue weighted by molar-refractivity contribution is 7.97. The Morgan fingerprint density at radius 1 is 1.32 bits per heavy atom. The van der Waals surface area contributed by atoms with Gasteiger partial charge in [-0.2, -0.15) is 0 Å². The first-order valence-electron chi connectivity index (χ1n) is 10.3. The normalized spacial score (nSPS) is 26.1. The molecule has 0 saturated carbocycles. The van der Waals surface area contributed by atoms with E-state index in [0.717, 1.165) is 26.8 Å². The topological polar surface area (TPSA) is 90.3 Å². The van der Waals surface area contributed by atoms with Crippen LogP contribution in [0.3, 0.4) is 0 Å². The van der Waals surface area contributed by atoms with Gasteiger partial charge in [0.25, 0.3) is 0 Å². The molecule has 0 spiro atoms. The van der Waals surface area contributed by atoms with E-state index in [2.05, 4.69) is 4.31 Å². The number of aromatic hydroxyl groups is 1. The summed E-state index contributed by atoms with van der Waals surface area (Å²) in [4.78, 5) is 27.9. The molecule has 2 N–H and O–H groups in total. The Labute approximate surface area is 184 Å². The molecule has 8 heteroatoms. The second-order valence-electron chi connectivity index (χ2n) is 8.44. The van der Waals surface area contributed by atoms with E-state index < -0.39 is 18.0 Å². The van der Waals surface area contributed by atoms with Crippen molar-refractivity contribution in [2.75, 3.05) is 13.7 Å². The van der Waals surface area contributed by atoms with E-state index in [1.807, 2.05) is 31.2 Å². The number of hydrogen-bond donors (Lipinski definition) is 2. The van der Waals surface area contributed by atoms with Crippen molar-refractivity contribution in [3.63, 3.8) is 0 Å². The van der Waals surface area contributed by atoms with E-state index in [1.165, 1.54) is 12.0 Å². The Morgan fingerprint density at radius 3 is 2.71 bits per heavy atom. The summed E-state index contributed by atoms with van der Waals surface area (Å²) in [5.41, 5.74) is 2.20. The molecular weight excluding hydrogens is 416 g/mol. The predicted octanol–water partition coefficient (Wildman–Crippen LogP) is 2.65. The van der Waals surface area contributed by atoms with Crippen LogP contribution < -0.4 is 0 Å². The zero-order valence-electron chi connectivity index (χ0n) is 17.5. The Balaban J connectivity index is 1.48. The van der Waals surface area contributed by atoms with Gasteiger partial charge in [-0.25, -0.2) is 9.10 Å². The zero-order valence-corrected chi connectivity index (χ0v) is 18.3. The van der Waals surface area contributed by atoms with Crippen LogP contribution in [0.1, 0.15) is 19.4 Å². The van der Waals surface area contributed by atoms with Crippen LogP contribution in [0.15, 0.2) is 46.5 Å². The molecule has 3 aliphatic heterocycles. The zero-order chi connectivity index (χ0) is 22.0. The maximum Gasteiger partial charge on any atom is 0.354 e. The van der Waals surface area contributed by atoms with E-state index in [0.29, 0.717) is 18.8 Å². The molecule has 162 valence electrons. The number of methoxy groups -OCH3 is 1. The molecule has 3 aliphatic rings. The fourth-order valence-corrected chi connectivity index (χ4v) is 6.36. The van der Waals surface area contributed by atoms with Crippen molar-refractivity contribution in [2.45, 2.75) is 37.4 Å². The van der Waals surface area contributed by atoms with Crippen molar-refractivity contribution in [1.29, 1.82) is 0 Å².